The fourth-order valence-electron chi connectivity index (χ4n) is 3.70. The van der Waals surface area contributed by atoms with Gasteiger partial charge in [0.25, 0.3) is 0 Å². The highest BCUT2D eigenvalue weighted by molar-refractivity contribution is 7.15. The number of fused-ring (bicyclic) bond motifs is 1. The predicted octanol–water partition coefficient (Wildman–Crippen LogP) is 3.96. The van der Waals surface area contributed by atoms with Gasteiger partial charge in [0.1, 0.15) is 10.8 Å². The molecule has 2 aromatic rings. The Labute approximate surface area is 157 Å². The first-order chi connectivity index (χ1) is 12.8. The number of nitrogens with zero attached hydrogens (tertiary/aromatic N) is 2. The maximum atomic E-state index is 12.2. The zero-order valence-corrected chi connectivity index (χ0v) is 15.6. The van der Waals surface area contributed by atoms with Gasteiger partial charge in [0.15, 0.2) is 0 Å². The van der Waals surface area contributed by atoms with Gasteiger partial charge in [0, 0.05) is 18.4 Å². The Bertz CT molecular complexity index is 758. The summed E-state index contributed by atoms with van der Waals surface area (Å²) >= 11 is 1.50. The normalized spacial score (nSPS) is 20.1. The number of urea groups is 1. The van der Waals surface area contributed by atoms with Crippen LogP contribution in [-0.2, 0) is 6.42 Å². The van der Waals surface area contributed by atoms with Crippen molar-refractivity contribution < 1.29 is 9.53 Å². The molecule has 0 bridgehead atoms. The number of carbonyl (C=O) groups is 1. The van der Waals surface area contributed by atoms with Crippen molar-refractivity contribution in [1.82, 2.24) is 15.5 Å². The molecule has 2 heterocycles. The molecule has 2 aliphatic rings. The van der Waals surface area contributed by atoms with Crippen LogP contribution in [0, 0.1) is 5.92 Å². The molecule has 0 radical (unpaired) electrons. The molecule has 1 saturated carbocycles. The average molecular weight is 372 g/mol. The molecule has 7 heteroatoms. The molecule has 1 atom stereocenters. The minimum atomic E-state index is -0.227. The van der Waals surface area contributed by atoms with Gasteiger partial charge in [-0.1, -0.05) is 48.8 Å². The van der Waals surface area contributed by atoms with Crippen molar-refractivity contribution in [1.29, 1.82) is 0 Å². The van der Waals surface area contributed by atoms with E-state index in [1.807, 2.05) is 18.2 Å². The first kappa shape index (κ1) is 17.3. The summed E-state index contributed by atoms with van der Waals surface area (Å²) in [5, 5.41) is 15.8. The lowest BCUT2D eigenvalue weighted by atomic mass is 9.90. The summed E-state index contributed by atoms with van der Waals surface area (Å²) in [5.41, 5.74) is 1.20. The van der Waals surface area contributed by atoms with Crippen molar-refractivity contribution in [2.45, 2.75) is 44.4 Å². The molecule has 138 valence electrons. The van der Waals surface area contributed by atoms with E-state index < -0.39 is 0 Å². The number of rotatable bonds is 4. The Hall–Kier alpha value is -2.15. The molecule has 1 fully saturated rings. The first-order valence-electron chi connectivity index (χ1n) is 9.37. The second-order valence-corrected chi connectivity index (χ2v) is 8.11. The number of amides is 2. The second-order valence-electron chi connectivity index (χ2n) is 7.10. The van der Waals surface area contributed by atoms with Gasteiger partial charge in [0.05, 0.1) is 6.61 Å². The monoisotopic (exact) mass is 372 g/mol. The van der Waals surface area contributed by atoms with E-state index in [2.05, 4.69) is 26.9 Å². The number of para-hydroxylation sites is 1. The number of aromatic nitrogens is 2. The van der Waals surface area contributed by atoms with Crippen molar-refractivity contribution >= 4 is 22.5 Å². The molecule has 1 aliphatic carbocycles. The van der Waals surface area contributed by atoms with E-state index >= 15 is 0 Å². The van der Waals surface area contributed by atoms with Gasteiger partial charge in [-0.15, -0.1) is 10.2 Å². The van der Waals surface area contributed by atoms with Crippen LogP contribution < -0.4 is 15.4 Å². The van der Waals surface area contributed by atoms with Crippen molar-refractivity contribution in [3.8, 4) is 5.75 Å². The maximum Gasteiger partial charge on any atom is 0.321 e. The molecule has 1 aliphatic heterocycles. The summed E-state index contributed by atoms with van der Waals surface area (Å²) in [4.78, 5) is 12.2. The summed E-state index contributed by atoms with van der Waals surface area (Å²) in [6.07, 6.45) is 7.13. The van der Waals surface area contributed by atoms with E-state index in [1.165, 1.54) is 49.0 Å². The Morgan fingerprint density at radius 1 is 1.19 bits per heavy atom. The lowest BCUT2D eigenvalue weighted by Crippen LogP contribution is -2.37. The van der Waals surface area contributed by atoms with Crippen LogP contribution in [0.1, 0.15) is 48.6 Å². The largest absolute Gasteiger partial charge is 0.493 e. The Morgan fingerprint density at radius 2 is 2.04 bits per heavy atom. The highest BCUT2D eigenvalue weighted by Crippen LogP contribution is 2.35. The van der Waals surface area contributed by atoms with Crippen molar-refractivity contribution in [2.24, 2.45) is 5.92 Å². The van der Waals surface area contributed by atoms with Crippen LogP contribution in [0.5, 0.6) is 5.75 Å². The number of nitrogens with one attached hydrogen (secondary N) is 2. The van der Waals surface area contributed by atoms with Crippen LogP contribution in [-0.4, -0.2) is 29.4 Å². The number of anilines is 1. The molecule has 1 aromatic heterocycles. The predicted molar refractivity (Wildman–Crippen MR) is 102 cm³/mol. The van der Waals surface area contributed by atoms with Crippen molar-refractivity contribution in [3.05, 3.63) is 34.8 Å². The molecule has 0 spiro atoms. The fraction of sp³-hybridized carbons (Fsp3) is 0.526. The van der Waals surface area contributed by atoms with Crippen molar-refractivity contribution in [3.63, 3.8) is 0 Å². The molecule has 2 N–H and O–H groups in total. The summed E-state index contributed by atoms with van der Waals surface area (Å²) in [5.74, 6) is 1.75. The topological polar surface area (TPSA) is 76.1 Å². The Kier molecular flexibility index (Phi) is 5.34. The van der Waals surface area contributed by atoms with Gasteiger partial charge < -0.3 is 10.1 Å². The minimum absolute atomic E-state index is 0.227. The molecule has 2 amide bonds. The fourth-order valence-corrected chi connectivity index (χ4v) is 4.61. The summed E-state index contributed by atoms with van der Waals surface area (Å²) in [7, 11) is 0. The number of benzene rings is 1. The Morgan fingerprint density at radius 3 is 2.92 bits per heavy atom. The molecule has 1 unspecified atom stereocenters. The first-order valence-corrected chi connectivity index (χ1v) is 10.2. The van der Waals surface area contributed by atoms with Gasteiger partial charge in [0.2, 0.25) is 5.13 Å². The highest BCUT2D eigenvalue weighted by atomic mass is 32.1. The summed E-state index contributed by atoms with van der Waals surface area (Å²) in [6, 6.07) is 7.84. The van der Waals surface area contributed by atoms with Crippen LogP contribution >= 0.6 is 11.3 Å². The van der Waals surface area contributed by atoms with E-state index in [9.17, 15) is 4.79 Å². The van der Waals surface area contributed by atoms with Crippen LogP contribution in [0.3, 0.4) is 0 Å². The van der Waals surface area contributed by atoms with Crippen LogP contribution in [0.2, 0.25) is 0 Å². The number of carbonyl (C=O) groups excluding carboxylic acids is 1. The Balaban J connectivity index is 1.25. The molecular formula is C19H24N4O2S. The molecule has 26 heavy (non-hydrogen) atoms. The zero-order chi connectivity index (χ0) is 17.8. The van der Waals surface area contributed by atoms with Crippen LogP contribution in [0.15, 0.2) is 24.3 Å². The van der Waals surface area contributed by atoms with Crippen LogP contribution in [0.4, 0.5) is 9.93 Å². The van der Waals surface area contributed by atoms with Gasteiger partial charge in [-0.05, 0) is 30.9 Å². The smallest absolute Gasteiger partial charge is 0.321 e. The average Bonchev–Trinajstić information content (AvgIpc) is 3.15. The second kappa shape index (κ2) is 8.03. The van der Waals surface area contributed by atoms with Gasteiger partial charge >= 0.3 is 6.03 Å². The molecule has 4 rings (SSSR count). The quantitative estimate of drug-likeness (QED) is 0.852. The highest BCUT2D eigenvalue weighted by Gasteiger charge is 2.22. The van der Waals surface area contributed by atoms with Crippen molar-refractivity contribution in [2.75, 3.05) is 18.5 Å². The van der Waals surface area contributed by atoms with E-state index in [0.29, 0.717) is 24.2 Å². The zero-order valence-electron chi connectivity index (χ0n) is 14.7. The molecular weight excluding hydrogens is 348 g/mol. The minimum Gasteiger partial charge on any atom is -0.493 e. The number of hydrogen-bond donors (Lipinski definition) is 2. The third-order valence-electron chi connectivity index (χ3n) is 5.12. The lowest BCUT2D eigenvalue weighted by Gasteiger charge is -2.25. The van der Waals surface area contributed by atoms with Gasteiger partial charge in [-0.25, -0.2) is 4.79 Å². The SMILES string of the molecule is O=C(NCC1COc2ccccc2C1)Nc1nnc(C2CCCCC2)s1. The third kappa shape index (κ3) is 4.15. The van der Waals surface area contributed by atoms with Gasteiger partial charge in [-0.3, -0.25) is 5.32 Å². The van der Waals surface area contributed by atoms with Gasteiger partial charge in [-0.2, -0.15) is 0 Å². The molecule has 0 saturated heterocycles. The molecule has 1 aromatic carbocycles. The maximum absolute atomic E-state index is 12.2. The van der Waals surface area contributed by atoms with E-state index in [4.69, 9.17) is 4.74 Å². The van der Waals surface area contributed by atoms with Crippen LogP contribution in [0.25, 0.3) is 0 Å². The lowest BCUT2D eigenvalue weighted by molar-refractivity contribution is 0.215. The standard InChI is InChI=1S/C19H24N4O2S/c24-18(20-11-13-10-15-8-4-5-9-16(15)25-12-13)21-19-23-22-17(26-19)14-6-2-1-3-7-14/h4-5,8-9,13-14H,1-3,6-7,10-12H2,(H2,20,21,23,24). The summed E-state index contributed by atoms with van der Waals surface area (Å²) in [6.45, 7) is 1.20. The number of ether oxygens (including phenoxy) is 1. The molecule has 6 nitrogen and oxygen atoms in total. The summed E-state index contributed by atoms with van der Waals surface area (Å²) < 4.78 is 5.77. The van der Waals surface area contributed by atoms with E-state index in [0.717, 1.165) is 17.2 Å². The van der Waals surface area contributed by atoms with E-state index in [-0.39, 0.29) is 11.9 Å². The number of hydrogen-bond acceptors (Lipinski definition) is 5. The third-order valence-corrected chi connectivity index (χ3v) is 6.12. The van der Waals surface area contributed by atoms with E-state index in [1.54, 1.807) is 0 Å².